The normalized spacial score (nSPS) is 10.2. The van der Waals surface area contributed by atoms with Gasteiger partial charge in [-0.3, -0.25) is 9.78 Å². The SMILES string of the molecule is O=CCC(=O)Cc1ccc2ncccc2c1. The van der Waals surface area contributed by atoms with Crippen LogP contribution in [0.1, 0.15) is 12.0 Å². The van der Waals surface area contributed by atoms with Crippen LogP contribution < -0.4 is 0 Å². The van der Waals surface area contributed by atoms with E-state index in [4.69, 9.17) is 0 Å². The molecule has 0 fully saturated rings. The molecule has 0 aliphatic rings. The molecule has 16 heavy (non-hydrogen) atoms. The van der Waals surface area contributed by atoms with Gasteiger partial charge in [0.25, 0.3) is 0 Å². The number of hydrogen-bond acceptors (Lipinski definition) is 3. The quantitative estimate of drug-likeness (QED) is 0.576. The van der Waals surface area contributed by atoms with E-state index in [9.17, 15) is 9.59 Å². The van der Waals surface area contributed by atoms with E-state index in [-0.39, 0.29) is 12.2 Å². The first-order valence-corrected chi connectivity index (χ1v) is 5.08. The van der Waals surface area contributed by atoms with E-state index >= 15 is 0 Å². The van der Waals surface area contributed by atoms with Crippen LogP contribution in [0.2, 0.25) is 0 Å². The third kappa shape index (κ3) is 2.31. The topological polar surface area (TPSA) is 47.0 Å². The van der Waals surface area contributed by atoms with Gasteiger partial charge in [0.15, 0.2) is 0 Å². The minimum Gasteiger partial charge on any atom is -0.303 e. The van der Waals surface area contributed by atoms with Gasteiger partial charge in [-0.25, -0.2) is 0 Å². The molecule has 0 saturated carbocycles. The number of nitrogens with zero attached hydrogens (tertiary/aromatic N) is 1. The second kappa shape index (κ2) is 4.66. The van der Waals surface area contributed by atoms with Crippen LogP contribution in [-0.4, -0.2) is 17.1 Å². The Bertz CT molecular complexity index is 534. The van der Waals surface area contributed by atoms with Crippen molar-refractivity contribution >= 4 is 23.0 Å². The highest BCUT2D eigenvalue weighted by Crippen LogP contribution is 2.14. The largest absolute Gasteiger partial charge is 0.303 e. The fraction of sp³-hybridized carbons (Fsp3) is 0.154. The molecule has 0 atom stereocenters. The zero-order valence-corrected chi connectivity index (χ0v) is 8.72. The number of aldehydes is 1. The molecular weight excluding hydrogens is 202 g/mol. The fourth-order valence-electron chi connectivity index (χ4n) is 1.63. The van der Waals surface area contributed by atoms with E-state index in [1.807, 2.05) is 30.3 Å². The van der Waals surface area contributed by atoms with Crippen molar-refractivity contribution in [2.75, 3.05) is 0 Å². The number of fused-ring (bicyclic) bond motifs is 1. The molecule has 0 N–H and O–H groups in total. The average Bonchev–Trinajstić information content (AvgIpc) is 2.29. The lowest BCUT2D eigenvalue weighted by molar-refractivity contribution is -0.121. The van der Waals surface area contributed by atoms with Crippen molar-refractivity contribution in [3.63, 3.8) is 0 Å². The fourth-order valence-corrected chi connectivity index (χ4v) is 1.63. The molecule has 80 valence electrons. The van der Waals surface area contributed by atoms with Gasteiger partial charge in [-0.1, -0.05) is 12.1 Å². The highest BCUT2D eigenvalue weighted by molar-refractivity contribution is 5.91. The first-order valence-electron chi connectivity index (χ1n) is 5.08. The maximum Gasteiger partial charge on any atom is 0.144 e. The van der Waals surface area contributed by atoms with Gasteiger partial charge < -0.3 is 4.79 Å². The molecule has 0 saturated heterocycles. The summed E-state index contributed by atoms with van der Waals surface area (Å²) in [5.41, 5.74) is 1.83. The van der Waals surface area contributed by atoms with Crippen molar-refractivity contribution < 1.29 is 9.59 Å². The number of ketones is 1. The number of benzene rings is 1. The number of Topliss-reactive ketones (excluding diaryl/α,β-unsaturated/α-hetero) is 1. The zero-order valence-electron chi connectivity index (χ0n) is 8.72. The predicted octanol–water partition coefficient (Wildman–Crippen LogP) is 1.94. The number of rotatable bonds is 4. The van der Waals surface area contributed by atoms with Gasteiger partial charge in [-0.2, -0.15) is 0 Å². The second-order valence-corrected chi connectivity index (χ2v) is 3.62. The standard InChI is InChI=1S/C13H11NO2/c15-7-5-12(16)9-10-3-4-13-11(8-10)2-1-6-14-13/h1-4,6-8H,5,9H2. The Hall–Kier alpha value is -2.03. The smallest absolute Gasteiger partial charge is 0.144 e. The number of pyridine rings is 1. The summed E-state index contributed by atoms with van der Waals surface area (Å²) < 4.78 is 0. The Morgan fingerprint density at radius 1 is 1.31 bits per heavy atom. The van der Waals surface area contributed by atoms with Crippen molar-refractivity contribution in [3.05, 3.63) is 42.1 Å². The van der Waals surface area contributed by atoms with Crippen LogP contribution in [0.5, 0.6) is 0 Å². The summed E-state index contributed by atoms with van der Waals surface area (Å²) >= 11 is 0. The van der Waals surface area contributed by atoms with Gasteiger partial charge in [0, 0.05) is 18.0 Å². The van der Waals surface area contributed by atoms with Crippen molar-refractivity contribution in [1.82, 2.24) is 4.98 Å². The maximum atomic E-state index is 11.3. The number of hydrogen-bond donors (Lipinski definition) is 0. The molecule has 0 amide bonds. The molecule has 0 aliphatic heterocycles. The van der Waals surface area contributed by atoms with Gasteiger partial charge in [-0.05, 0) is 23.8 Å². The molecule has 3 heteroatoms. The lowest BCUT2D eigenvalue weighted by atomic mass is 10.0. The summed E-state index contributed by atoms with van der Waals surface area (Å²) in [4.78, 5) is 25.7. The number of carbonyl (C=O) groups is 2. The summed E-state index contributed by atoms with van der Waals surface area (Å²) in [5.74, 6) is -0.0572. The van der Waals surface area contributed by atoms with Gasteiger partial charge >= 0.3 is 0 Å². The van der Waals surface area contributed by atoms with E-state index in [1.165, 1.54) is 0 Å². The Morgan fingerprint density at radius 3 is 3.00 bits per heavy atom. The van der Waals surface area contributed by atoms with Crippen LogP contribution in [0.3, 0.4) is 0 Å². The van der Waals surface area contributed by atoms with Crippen LogP contribution in [0, 0.1) is 0 Å². The van der Waals surface area contributed by atoms with Crippen LogP contribution in [-0.2, 0) is 16.0 Å². The molecule has 1 heterocycles. The number of aromatic nitrogens is 1. The molecule has 1 aromatic heterocycles. The van der Waals surface area contributed by atoms with E-state index < -0.39 is 0 Å². The molecule has 2 aromatic rings. The highest BCUT2D eigenvalue weighted by Gasteiger charge is 2.03. The summed E-state index contributed by atoms with van der Waals surface area (Å²) in [6.07, 6.45) is 2.68. The summed E-state index contributed by atoms with van der Waals surface area (Å²) in [5, 5.41) is 1.01. The molecule has 0 aliphatic carbocycles. The van der Waals surface area contributed by atoms with Crippen molar-refractivity contribution in [3.8, 4) is 0 Å². The summed E-state index contributed by atoms with van der Waals surface area (Å²) in [6, 6.07) is 9.51. The van der Waals surface area contributed by atoms with Gasteiger partial charge in [-0.15, -0.1) is 0 Å². The van der Waals surface area contributed by atoms with Crippen LogP contribution in [0.15, 0.2) is 36.5 Å². The average molecular weight is 213 g/mol. The summed E-state index contributed by atoms with van der Waals surface area (Å²) in [6.45, 7) is 0. The van der Waals surface area contributed by atoms with E-state index in [1.54, 1.807) is 6.20 Å². The van der Waals surface area contributed by atoms with E-state index in [0.717, 1.165) is 16.5 Å². The third-order valence-electron chi connectivity index (χ3n) is 2.38. The molecule has 0 bridgehead atoms. The van der Waals surface area contributed by atoms with Crippen molar-refractivity contribution in [1.29, 1.82) is 0 Å². The third-order valence-corrected chi connectivity index (χ3v) is 2.38. The maximum absolute atomic E-state index is 11.3. The van der Waals surface area contributed by atoms with Crippen molar-refractivity contribution in [2.45, 2.75) is 12.8 Å². The molecule has 1 aromatic carbocycles. The highest BCUT2D eigenvalue weighted by atomic mass is 16.1. The lowest BCUT2D eigenvalue weighted by Crippen LogP contribution is -2.02. The lowest BCUT2D eigenvalue weighted by Gasteiger charge is -2.01. The molecule has 2 rings (SSSR count). The van der Waals surface area contributed by atoms with E-state index in [0.29, 0.717) is 12.7 Å². The minimum atomic E-state index is -0.0572. The van der Waals surface area contributed by atoms with Crippen LogP contribution >= 0.6 is 0 Å². The minimum absolute atomic E-state index is 0.00885. The molecular formula is C13H11NO2. The van der Waals surface area contributed by atoms with Gasteiger partial charge in [0.1, 0.15) is 12.1 Å². The number of carbonyl (C=O) groups excluding carboxylic acids is 2. The van der Waals surface area contributed by atoms with Crippen molar-refractivity contribution in [2.24, 2.45) is 0 Å². The Kier molecular flexibility index (Phi) is 3.05. The van der Waals surface area contributed by atoms with Crippen LogP contribution in [0.25, 0.3) is 10.9 Å². The first-order chi connectivity index (χ1) is 7.79. The monoisotopic (exact) mass is 213 g/mol. The molecule has 0 radical (unpaired) electrons. The Labute approximate surface area is 93.1 Å². The molecule has 0 spiro atoms. The second-order valence-electron chi connectivity index (χ2n) is 3.62. The predicted molar refractivity (Wildman–Crippen MR) is 61.1 cm³/mol. The van der Waals surface area contributed by atoms with E-state index in [2.05, 4.69) is 4.98 Å². The Balaban J connectivity index is 2.25. The first kappa shape index (κ1) is 10.5. The van der Waals surface area contributed by atoms with Crippen LogP contribution in [0.4, 0.5) is 0 Å². The van der Waals surface area contributed by atoms with Gasteiger partial charge in [0.05, 0.1) is 11.9 Å². The Morgan fingerprint density at radius 2 is 2.19 bits per heavy atom. The van der Waals surface area contributed by atoms with Gasteiger partial charge in [0.2, 0.25) is 0 Å². The zero-order chi connectivity index (χ0) is 11.4. The summed E-state index contributed by atoms with van der Waals surface area (Å²) in [7, 11) is 0. The molecule has 0 unspecified atom stereocenters. The molecule has 3 nitrogen and oxygen atoms in total.